The van der Waals surface area contributed by atoms with Crippen LogP contribution in [0.4, 0.5) is 0 Å². The van der Waals surface area contributed by atoms with Gasteiger partial charge in [-0.2, -0.15) is 0 Å². The zero-order valence-electron chi connectivity index (χ0n) is 3.25. The van der Waals surface area contributed by atoms with E-state index in [0.717, 1.165) is 0 Å². The Morgan fingerprint density at radius 1 is 1.83 bits per heavy atom. The van der Waals surface area contributed by atoms with Crippen molar-refractivity contribution in [2.45, 2.75) is 0 Å². The van der Waals surface area contributed by atoms with E-state index in [-0.39, 0.29) is 0 Å². The van der Waals surface area contributed by atoms with Crippen LogP contribution in [0.1, 0.15) is 0 Å². The molecule has 5 nitrogen and oxygen atoms in total. The third kappa shape index (κ3) is 3.80. The van der Waals surface area contributed by atoms with Crippen LogP contribution in [0, 0.1) is 0 Å². The van der Waals surface area contributed by atoms with Crippen LogP contribution in [0.15, 0.2) is 0 Å². The van der Waals surface area contributed by atoms with Gasteiger partial charge in [0.2, 0.25) is 0 Å². The highest BCUT2D eigenvalue weighted by atomic mass is 17.2. The first-order chi connectivity index (χ1) is 2.77. The Morgan fingerprint density at radius 3 is 2.33 bits per heavy atom. The van der Waals surface area contributed by atoms with Crippen molar-refractivity contribution in [3.05, 3.63) is 0 Å². The lowest BCUT2D eigenvalue weighted by Gasteiger charge is -2.02. The largest absolute Gasteiger partial charge is 0.297 e. The van der Waals surface area contributed by atoms with E-state index < -0.39 is 0 Å². The molecule has 38 valence electrons. The molecule has 0 aromatic heterocycles. The van der Waals surface area contributed by atoms with Crippen molar-refractivity contribution in [3.63, 3.8) is 0 Å². The van der Waals surface area contributed by atoms with Crippen LogP contribution < -0.4 is 5.59 Å². The summed E-state index contributed by atoms with van der Waals surface area (Å²) in [7, 11) is 1.25. The molecule has 0 aliphatic rings. The molecular formula is CH6N2O3. The molecule has 0 saturated heterocycles. The van der Waals surface area contributed by atoms with Crippen LogP contribution >= 0.6 is 0 Å². The number of hydrazine groups is 1. The maximum absolute atomic E-state index is 7.99. The van der Waals surface area contributed by atoms with E-state index in [0.29, 0.717) is 5.17 Å². The van der Waals surface area contributed by atoms with Crippen LogP contribution in [-0.4, -0.2) is 22.7 Å². The molecule has 0 fully saturated rings. The SMILES string of the molecule is CN(O)NOO. The van der Waals surface area contributed by atoms with Gasteiger partial charge in [0.25, 0.3) is 0 Å². The monoisotopic (exact) mass is 94.0 g/mol. The van der Waals surface area contributed by atoms with E-state index in [1.54, 1.807) is 5.59 Å². The van der Waals surface area contributed by atoms with Gasteiger partial charge in [0.05, 0.1) is 0 Å². The minimum Gasteiger partial charge on any atom is -0.297 e. The van der Waals surface area contributed by atoms with Crippen molar-refractivity contribution in [1.29, 1.82) is 0 Å². The number of rotatable bonds is 2. The normalized spacial score (nSPS) is 10.0. The quantitative estimate of drug-likeness (QED) is 0.309. The second-order valence-corrected chi connectivity index (χ2v) is 0.706. The van der Waals surface area contributed by atoms with Crippen molar-refractivity contribution < 1.29 is 15.5 Å². The fourth-order valence-electron chi connectivity index (χ4n) is 0.0591. The number of nitrogens with zero attached hydrogens (tertiary/aromatic N) is 1. The molecule has 6 heavy (non-hydrogen) atoms. The summed E-state index contributed by atoms with van der Waals surface area (Å²) in [6, 6.07) is 0. The van der Waals surface area contributed by atoms with Crippen molar-refractivity contribution >= 4 is 0 Å². The van der Waals surface area contributed by atoms with Gasteiger partial charge in [-0.3, -0.25) is 5.21 Å². The maximum Gasteiger partial charge on any atom is 0.0309 e. The summed E-state index contributed by atoms with van der Waals surface area (Å²) < 4.78 is 0. The van der Waals surface area contributed by atoms with Gasteiger partial charge in [0, 0.05) is 7.05 Å². The maximum atomic E-state index is 7.99. The Hall–Kier alpha value is -0.200. The molecule has 0 heterocycles. The Kier molecular flexibility index (Phi) is 2.91. The lowest BCUT2D eigenvalue weighted by molar-refractivity contribution is -0.373. The molecule has 0 atom stereocenters. The highest BCUT2D eigenvalue weighted by molar-refractivity contribution is 3.86. The number of hydrogen-bond acceptors (Lipinski definition) is 5. The molecular weight excluding hydrogens is 88.0 g/mol. The highest BCUT2D eigenvalue weighted by Crippen LogP contribution is 1.55. The summed E-state index contributed by atoms with van der Waals surface area (Å²) >= 11 is 0. The predicted molar refractivity (Wildman–Crippen MR) is 16.4 cm³/mol. The standard InChI is InChI=1S/CH6N2O3/c1-3(4)2-6-5/h2,4-5H,1H3. The minimum absolute atomic E-state index is 0.458. The van der Waals surface area contributed by atoms with Crippen molar-refractivity contribution in [1.82, 2.24) is 10.8 Å². The zero-order chi connectivity index (χ0) is 4.99. The number of nitrogens with one attached hydrogen (secondary N) is 1. The first kappa shape index (κ1) is 5.80. The average molecular weight is 94.1 g/mol. The molecule has 0 aliphatic heterocycles. The predicted octanol–water partition coefficient (Wildman–Crippen LogP) is -0.783. The molecule has 3 N–H and O–H groups in total. The van der Waals surface area contributed by atoms with Crippen molar-refractivity contribution in [2.75, 3.05) is 7.05 Å². The summed E-state index contributed by atoms with van der Waals surface area (Å²) in [5, 5.41) is 15.9. The first-order valence-electron chi connectivity index (χ1n) is 1.26. The van der Waals surface area contributed by atoms with Gasteiger partial charge >= 0.3 is 0 Å². The highest BCUT2D eigenvalue weighted by Gasteiger charge is 1.80. The smallest absolute Gasteiger partial charge is 0.0309 e. The van der Waals surface area contributed by atoms with Gasteiger partial charge in [0.15, 0.2) is 0 Å². The molecule has 0 rings (SSSR count). The van der Waals surface area contributed by atoms with Crippen LogP contribution in [0.3, 0.4) is 0 Å². The average Bonchev–Trinajstić information content (AvgIpc) is 1.35. The first-order valence-corrected chi connectivity index (χ1v) is 1.26. The van der Waals surface area contributed by atoms with Gasteiger partial charge < -0.3 is 0 Å². The van der Waals surface area contributed by atoms with Crippen LogP contribution in [0.2, 0.25) is 0 Å². The summed E-state index contributed by atoms with van der Waals surface area (Å²) in [5.41, 5.74) is 1.65. The lowest BCUT2D eigenvalue weighted by atomic mass is 11.5. The fourth-order valence-corrected chi connectivity index (χ4v) is 0.0591. The van der Waals surface area contributed by atoms with E-state index in [1.165, 1.54) is 7.05 Å². The third-order valence-corrected chi connectivity index (χ3v) is 0.173. The third-order valence-electron chi connectivity index (χ3n) is 0.173. The molecule has 0 bridgehead atoms. The van der Waals surface area contributed by atoms with Crippen LogP contribution in [0.25, 0.3) is 0 Å². The summed E-state index contributed by atoms with van der Waals surface area (Å²) in [4.78, 5) is 3.23. The molecule has 0 spiro atoms. The van der Waals surface area contributed by atoms with E-state index in [9.17, 15) is 0 Å². The van der Waals surface area contributed by atoms with Crippen molar-refractivity contribution in [3.8, 4) is 0 Å². The van der Waals surface area contributed by atoms with Gasteiger partial charge in [-0.1, -0.05) is 5.59 Å². The Bertz CT molecular complexity index is 30.0. The Morgan fingerprint density at radius 2 is 2.33 bits per heavy atom. The second kappa shape index (κ2) is 3.01. The molecule has 0 aliphatic carbocycles. The zero-order valence-corrected chi connectivity index (χ0v) is 3.25. The topological polar surface area (TPSA) is 65.0 Å². The Balaban J connectivity index is 2.63. The van der Waals surface area contributed by atoms with Crippen LogP contribution in [-0.2, 0) is 4.99 Å². The molecule has 0 amide bonds. The second-order valence-electron chi connectivity index (χ2n) is 0.706. The number of hydrogen-bond donors (Lipinski definition) is 3. The van der Waals surface area contributed by atoms with Gasteiger partial charge in [-0.05, 0) is 0 Å². The Labute approximate surface area is 34.6 Å². The molecule has 0 unspecified atom stereocenters. The summed E-state index contributed by atoms with van der Waals surface area (Å²) in [6.45, 7) is 0. The van der Waals surface area contributed by atoms with Crippen LogP contribution in [0.5, 0.6) is 0 Å². The van der Waals surface area contributed by atoms with E-state index in [1.807, 2.05) is 0 Å². The minimum atomic E-state index is 0.458. The summed E-state index contributed by atoms with van der Waals surface area (Å²) in [6.07, 6.45) is 0. The molecule has 0 radical (unpaired) electrons. The fraction of sp³-hybridized carbons (Fsp3) is 1.00. The van der Waals surface area contributed by atoms with Gasteiger partial charge in [0.1, 0.15) is 0 Å². The van der Waals surface area contributed by atoms with E-state index in [4.69, 9.17) is 10.5 Å². The number of hydroxylamine groups is 1. The van der Waals surface area contributed by atoms with Gasteiger partial charge in [-0.15, -0.1) is 10.2 Å². The van der Waals surface area contributed by atoms with Crippen molar-refractivity contribution in [2.24, 2.45) is 0 Å². The van der Waals surface area contributed by atoms with E-state index in [2.05, 4.69) is 4.99 Å². The summed E-state index contributed by atoms with van der Waals surface area (Å²) in [5.74, 6) is 0. The van der Waals surface area contributed by atoms with Gasteiger partial charge in [-0.25, -0.2) is 5.26 Å². The molecule has 0 aromatic carbocycles. The molecule has 5 heteroatoms. The lowest BCUT2D eigenvalue weighted by Crippen LogP contribution is -2.29. The molecule has 0 aromatic rings. The molecule has 0 saturated carbocycles. The van der Waals surface area contributed by atoms with E-state index >= 15 is 0 Å².